The second kappa shape index (κ2) is 8.39. The second-order valence-corrected chi connectivity index (χ2v) is 5.63. The fourth-order valence-corrected chi connectivity index (χ4v) is 2.90. The SMILES string of the molecule is CCOCCC(Cc1ccn(C2CCCCC2)n1)NN. The van der Waals surface area contributed by atoms with E-state index in [9.17, 15) is 0 Å². The Bertz CT molecular complexity index is 374. The molecule has 0 spiro atoms. The number of nitrogens with one attached hydrogen (secondary N) is 1. The van der Waals surface area contributed by atoms with E-state index in [0.717, 1.165) is 31.7 Å². The number of hydrogen-bond acceptors (Lipinski definition) is 4. The topological polar surface area (TPSA) is 65.1 Å². The van der Waals surface area contributed by atoms with Crippen molar-refractivity contribution in [2.45, 2.75) is 64.0 Å². The number of nitrogens with zero attached hydrogens (tertiary/aromatic N) is 2. The summed E-state index contributed by atoms with van der Waals surface area (Å²) in [4.78, 5) is 0. The minimum Gasteiger partial charge on any atom is -0.382 e. The van der Waals surface area contributed by atoms with Crippen LogP contribution in [-0.2, 0) is 11.2 Å². The second-order valence-electron chi connectivity index (χ2n) is 5.63. The van der Waals surface area contributed by atoms with Gasteiger partial charge in [0.15, 0.2) is 0 Å². The van der Waals surface area contributed by atoms with Gasteiger partial charge in [-0.05, 0) is 32.3 Å². The van der Waals surface area contributed by atoms with E-state index in [2.05, 4.69) is 22.4 Å². The molecule has 1 atom stereocenters. The van der Waals surface area contributed by atoms with Gasteiger partial charge in [0.1, 0.15) is 0 Å². The highest BCUT2D eigenvalue weighted by Gasteiger charge is 2.17. The molecule has 1 heterocycles. The number of hydrogen-bond donors (Lipinski definition) is 2. The van der Waals surface area contributed by atoms with Crippen LogP contribution >= 0.6 is 0 Å². The minimum atomic E-state index is 0.233. The van der Waals surface area contributed by atoms with Crippen LogP contribution in [-0.4, -0.2) is 29.0 Å². The third-order valence-corrected chi connectivity index (χ3v) is 4.12. The third kappa shape index (κ3) is 4.58. The summed E-state index contributed by atoms with van der Waals surface area (Å²) >= 11 is 0. The third-order valence-electron chi connectivity index (χ3n) is 4.12. The molecule has 3 N–H and O–H groups in total. The largest absolute Gasteiger partial charge is 0.382 e. The Kier molecular flexibility index (Phi) is 6.50. The molecule has 5 nitrogen and oxygen atoms in total. The molecular weight excluding hydrogens is 252 g/mol. The van der Waals surface area contributed by atoms with E-state index in [4.69, 9.17) is 15.7 Å². The molecule has 1 aromatic rings. The van der Waals surface area contributed by atoms with E-state index in [-0.39, 0.29) is 6.04 Å². The fourth-order valence-electron chi connectivity index (χ4n) is 2.90. The average molecular weight is 280 g/mol. The summed E-state index contributed by atoms with van der Waals surface area (Å²) in [6, 6.07) is 2.96. The van der Waals surface area contributed by atoms with E-state index in [1.165, 1.54) is 32.1 Å². The average Bonchev–Trinajstić information content (AvgIpc) is 2.96. The van der Waals surface area contributed by atoms with Gasteiger partial charge in [-0.2, -0.15) is 5.10 Å². The smallest absolute Gasteiger partial charge is 0.0640 e. The molecule has 0 aliphatic heterocycles. The first-order chi connectivity index (χ1) is 9.83. The van der Waals surface area contributed by atoms with Crippen LogP contribution in [0, 0.1) is 0 Å². The van der Waals surface area contributed by atoms with Crippen LogP contribution in [0.5, 0.6) is 0 Å². The van der Waals surface area contributed by atoms with E-state index in [1.54, 1.807) is 0 Å². The summed E-state index contributed by atoms with van der Waals surface area (Å²) in [5.41, 5.74) is 3.99. The zero-order valence-electron chi connectivity index (χ0n) is 12.6. The van der Waals surface area contributed by atoms with Crippen molar-refractivity contribution in [3.05, 3.63) is 18.0 Å². The van der Waals surface area contributed by atoms with Gasteiger partial charge < -0.3 is 4.74 Å². The van der Waals surface area contributed by atoms with Crippen LogP contribution in [0.25, 0.3) is 0 Å². The maximum absolute atomic E-state index is 5.61. The standard InChI is InChI=1S/C15H28N4O/c1-2-20-11-9-13(17-16)12-14-8-10-19(18-14)15-6-4-3-5-7-15/h8,10,13,15,17H,2-7,9,11-12,16H2,1H3. The zero-order valence-corrected chi connectivity index (χ0v) is 12.6. The highest BCUT2D eigenvalue weighted by atomic mass is 16.5. The quantitative estimate of drug-likeness (QED) is 0.435. The number of nitrogens with two attached hydrogens (primary N) is 1. The molecule has 0 saturated heterocycles. The Morgan fingerprint density at radius 2 is 2.25 bits per heavy atom. The molecular formula is C15H28N4O. The molecule has 0 bridgehead atoms. The summed E-state index contributed by atoms with van der Waals surface area (Å²) < 4.78 is 7.54. The lowest BCUT2D eigenvalue weighted by Gasteiger charge is -2.22. The normalized spacial score (nSPS) is 18.3. The summed E-state index contributed by atoms with van der Waals surface area (Å²) in [7, 11) is 0. The fraction of sp³-hybridized carbons (Fsp3) is 0.800. The first-order valence-corrected chi connectivity index (χ1v) is 7.91. The number of aromatic nitrogens is 2. The molecule has 5 heteroatoms. The predicted molar refractivity (Wildman–Crippen MR) is 80.3 cm³/mol. The first-order valence-electron chi connectivity index (χ1n) is 7.91. The molecule has 1 aromatic heterocycles. The van der Waals surface area contributed by atoms with Crippen LogP contribution in [0.4, 0.5) is 0 Å². The monoisotopic (exact) mass is 280 g/mol. The van der Waals surface area contributed by atoms with Crippen molar-refractivity contribution in [1.29, 1.82) is 0 Å². The van der Waals surface area contributed by atoms with Gasteiger partial charge in [0, 0.05) is 31.9 Å². The van der Waals surface area contributed by atoms with Crippen LogP contribution < -0.4 is 11.3 Å². The lowest BCUT2D eigenvalue weighted by Crippen LogP contribution is -2.37. The molecule has 114 valence electrons. The Balaban J connectivity index is 1.84. The van der Waals surface area contributed by atoms with Gasteiger partial charge in [-0.25, -0.2) is 0 Å². The van der Waals surface area contributed by atoms with Crippen molar-refractivity contribution in [3.63, 3.8) is 0 Å². The van der Waals surface area contributed by atoms with Gasteiger partial charge in [-0.3, -0.25) is 16.0 Å². The van der Waals surface area contributed by atoms with E-state index in [1.807, 2.05) is 6.92 Å². The minimum absolute atomic E-state index is 0.233. The molecule has 1 saturated carbocycles. The number of rotatable bonds is 8. The summed E-state index contributed by atoms with van der Waals surface area (Å²) in [6.07, 6.45) is 10.5. The summed E-state index contributed by atoms with van der Waals surface area (Å²) in [5, 5.41) is 4.73. The van der Waals surface area contributed by atoms with Crippen molar-refractivity contribution < 1.29 is 4.74 Å². The van der Waals surface area contributed by atoms with Gasteiger partial charge >= 0.3 is 0 Å². The van der Waals surface area contributed by atoms with Crippen LogP contribution in [0.3, 0.4) is 0 Å². The predicted octanol–water partition coefficient (Wildman–Crippen LogP) is 2.19. The summed E-state index contributed by atoms with van der Waals surface area (Å²) in [5.74, 6) is 5.61. The van der Waals surface area contributed by atoms with Crippen LogP contribution in [0.2, 0.25) is 0 Å². The Morgan fingerprint density at radius 3 is 2.95 bits per heavy atom. The lowest BCUT2D eigenvalue weighted by molar-refractivity contribution is 0.136. The molecule has 1 aliphatic carbocycles. The first kappa shape index (κ1) is 15.5. The maximum Gasteiger partial charge on any atom is 0.0640 e. The van der Waals surface area contributed by atoms with Gasteiger partial charge in [0.05, 0.1) is 11.7 Å². The van der Waals surface area contributed by atoms with Gasteiger partial charge in [-0.1, -0.05) is 19.3 Å². The highest BCUT2D eigenvalue weighted by molar-refractivity contribution is 5.02. The van der Waals surface area contributed by atoms with Crippen molar-refractivity contribution in [3.8, 4) is 0 Å². The summed E-state index contributed by atoms with van der Waals surface area (Å²) in [6.45, 7) is 3.51. The molecule has 0 radical (unpaired) electrons. The van der Waals surface area contributed by atoms with Crippen molar-refractivity contribution in [1.82, 2.24) is 15.2 Å². The maximum atomic E-state index is 5.61. The van der Waals surface area contributed by atoms with Crippen LogP contribution in [0.15, 0.2) is 12.3 Å². The number of hydrazine groups is 1. The molecule has 1 aliphatic rings. The van der Waals surface area contributed by atoms with E-state index < -0.39 is 0 Å². The Labute approximate surface area is 121 Å². The van der Waals surface area contributed by atoms with Gasteiger partial charge in [0.2, 0.25) is 0 Å². The molecule has 2 rings (SSSR count). The molecule has 0 amide bonds. The molecule has 0 aromatic carbocycles. The van der Waals surface area contributed by atoms with Crippen molar-refractivity contribution in [2.75, 3.05) is 13.2 Å². The Hall–Kier alpha value is -0.910. The molecule has 20 heavy (non-hydrogen) atoms. The molecule has 1 unspecified atom stereocenters. The van der Waals surface area contributed by atoms with Crippen molar-refractivity contribution in [2.24, 2.45) is 5.84 Å². The van der Waals surface area contributed by atoms with E-state index in [0.29, 0.717) is 6.04 Å². The van der Waals surface area contributed by atoms with Crippen molar-refractivity contribution >= 4 is 0 Å². The zero-order chi connectivity index (χ0) is 14.2. The van der Waals surface area contributed by atoms with Crippen LogP contribution in [0.1, 0.15) is 57.2 Å². The van der Waals surface area contributed by atoms with Gasteiger partial charge in [-0.15, -0.1) is 0 Å². The molecule has 1 fully saturated rings. The highest BCUT2D eigenvalue weighted by Crippen LogP contribution is 2.27. The number of ether oxygens (including phenoxy) is 1. The van der Waals surface area contributed by atoms with E-state index >= 15 is 0 Å². The lowest BCUT2D eigenvalue weighted by atomic mass is 9.96. The Morgan fingerprint density at radius 1 is 1.45 bits per heavy atom. The van der Waals surface area contributed by atoms with Gasteiger partial charge in [0.25, 0.3) is 0 Å².